The smallest absolute Gasteiger partial charge is 0.338 e. The average molecular weight is 385 g/mol. The number of anilines is 1. The molecule has 0 spiro atoms. The summed E-state index contributed by atoms with van der Waals surface area (Å²) in [5.41, 5.74) is 5.45. The van der Waals surface area contributed by atoms with E-state index in [0.29, 0.717) is 10.7 Å². The first-order chi connectivity index (χ1) is 12.9. The molecule has 0 bridgehead atoms. The van der Waals surface area contributed by atoms with Crippen LogP contribution in [0.5, 0.6) is 0 Å². The van der Waals surface area contributed by atoms with Crippen molar-refractivity contribution in [3.8, 4) is 0 Å². The van der Waals surface area contributed by atoms with Gasteiger partial charge >= 0.3 is 5.97 Å². The fourth-order valence-corrected chi connectivity index (χ4v) is 3.24. The molecule has 1 N–H and O–H groups in total. The molecular weight excluding hydrogens is 356 g/mol. The Labute approximate surface area is 167 Å². The van der Waals surface area contributed by atoms with Gasteiger partial charge in [0.1, 0.15) is 6.61 Å². The molecule has 0 atom stereocenters. The lowest BCUT2D eigenvalue weighted by Gasteiger charge is -2.23. The van der Waals surface area contributed by atoms with Gasteiger partial charge in [0.05, 0.1) is 5.56 Å². The lowest BCUT2D eigenvalue weighted by Crippen LogP contribution is -2.34. The van der Waals surface area contributed by atoms with Crippen LogP contribution in [0.1, 0.15) is 46.5 Å². The summed E-state index contributed by atoms with van der Waals surface area (Å²) in [6.45, 7) is 12.0. The Morgan fingerprint density at radius 3 is 2.33 bits per heavy atom. The lowest BCUT2D eigenvalue weighted by atomic mass is 10.0. The van der Waals surface area contributed by atoms with Crippen molar-refractivity contribution in [2.75, 3.05) is 18.4 Å². The fraction of sp³-hybridized carbons (Fsp3) is 0.364. The molecule has 2 aromatic rings. The number of hydrogen-bond acceptors (Lipinski definition) is 3. The molecule has 2 rings (SSSR count). The molecule has 5 heteroatoms. The SMILES string of the molecule is CCN(CC)C(=S)Nc1cc(C)c(C(=O)OCc2ccccc2C)cc1C. The summed E-state index contributed by atoms with van der Waals surface area (Å²) in [5.74, 6) is -0.309. The number of carbonyl (C=O) groups is 1. The predicted molar refractivity (Wildman–Crippen MR) is 115 cm³/mol. The number of thiocarbonyl (C=S) groups is 1. The van der Waals surface area contributed by atoms with E-state index >= 15 is 0 Å². The summed E-state index contributed by atoms with van der Waals surface area (Å²) in [5, 5.41) is 3.98. The van der Waals surface area contributed by atoms with E-state index < -0.39 is 0 Å². The number of benzene rings is 2. The molecule has 27 heavy (non-hydrogen) atoms. The third-order valence-electron chi connectivity index (χ3n) is 4.70. The Hall–Kier alpha value is -2.40. The van der Waals surface area contributed by atoms with E-state index in [4.69, 9.17) is 17.0 Å². The van der Waals surface area contributed by atoms with E-state index in [-0.39, 0.29) is 12.6 Å². The molecule has 2 aromatic carbocycles. The molecule has 0 saturated heterocycles. The molecule has 0 amide bonds. The normalized spacial score (nSPS) is 10.4. The van der Waals surface area contributed by atoms with Gasteiger partial charge in [-0.05, 0) is 81.2 Å². The van der Waals surface area contributed by atoms with Crippen LogP contribution in [0, 0.1) is 20.8 Å². The third-order valence-corrected chi connectivity index (χ3v) is 5.06. The van der Waals surface area contributed by atoms with Crippen LogP contribution in [-0.2, 0) is 11.3 Å². The number of nitrogens with zero attached hydrogens (tertiary/aromatic N) is 1. The van der Waals surface area contributed by atoms with Crippen molar-refractivity contribution in [3.05, 3.63) is 64.2 Å². The minimum Gasteiger partial charge on any atom is -0.457 e. The minimum absolute atomic E-state index is 0.274. The van der Waals surface area contributed by atoms with E-state index in [0.717, 1.165) is 41.0 Å². The molecule has 0 aliphatic carbocycles. The number of esters is 1. The predicted octanol–water partition coefficient (Wildman–Crippen LogP) is 5.01. The molecule has 144 valence electrons. The van der Waals surface area contributed by atoms with E-state index in [1.807, 2.05) is 57.2 Å². The van der Waals surface area contributed by atoms with Crippen LogP contribution in [0.15, 0.2) is 36.4 Å². The maximum absolute atomic E-state index is 12.6. The van der Waals surface area contributed by atoms with Gasteiger partial charge in [0, 0.05) is 18.8 Å². The largest absolute Gasteiger partial charge is 0.457 e. The van der Waals surface area contributed by atoms with E-state index in [1.165, 1.54) is 0 Å². The monoisotopic (exact) mass is 384 g/mol. The van der Waals surface area contributed by atoms with Crippen molar-refractivity contribution >= 4 is 29.0 Å². The molecule has 0 aromatic heterocycles. The molecular formula is C22H28N2O2S. The summed E-state index contributed by atoms with van der Waals surface area (Å²) < 4.78 is 5.53. The van der Waals surface area contributed by atoms with E-state index in [9.17, 15) is 4.79 Å². The molecule has 0 heterocycles. The second kappa shape index (κ2) is 9.51. The van der Waals surface area contributed by atoms with E-state index in [1.54, 1.807) is 0 Å². The summed E-state index contributed by atoms with van der Waals surface area (Å²) in [4.78, 5) is 14.6. The molecule has 0 fully saturated rings. The zero-order valence-electron chi connectivity index (χ0n) is 16.8. The van der Waals surface area contributed by atoms with Crippen LogP contribution in [0.3, 0.4) is 0 Å². The highest BCUT2D eigenvalue weighted by molar-refractivity contribution is 7.80. The fourth-order valence-electron chi connectivity index (χ4n) is 2.87. The number of hydrogen-bond donors (Lipinski definition) is 1. The first-order valence-electron chi connectivity index (χ1n) is 9.26. The maximum Gasteiger partial charge on any atom is 0.338 e. The Morgan fingerprint density at radius 1 is 1.04 bits per heavy atom. The maximum atomic E-state index is 12.6. The van der Waals surface area contributed by atoms with Crippen molar-refractivity contribution in [2.45, 2.75) is 41.2 Å². The first-order valence-corrected chi connectivity index (χ1v) is 9.67. The number of ether oxygens (including phenoxy) is 1. The summed E-state index contributed by atoms with van der Waals surface area (Å²) in [6.07, 6.45) is 0. The number of rotatable bonds is 6. The van der Waals surface area contributed by atoms with Crippen molar-refractivity contribution in [2.24, 2.45) is 0 Å². The molecule has 0 radical (unpaired) electrons. The molecule has 4 nitrogen and oxygen atoms in total. The number of nitrogens with one attached hydrogen (secondary N) is 1. The Bertz CT molecular complexity index is 829. The minimum atomic E-state index is -0.309. The second-order valence-electron chi connectivity index (χ2n) is 6.59. The van der Waals surface area contributed by atoms with Crippen LogP contribution in [0.2, 0.25) is 0 Å². The van der Waals surface area contributed by atoms with Crippen LogP contribution < -0.4 is 5.32 Å². The van der Waals surface area contributed by atoms with Gasteiger partial charge in [0.2, 0.25) is 0 Å². The summed E-state index contributed by atoms with van der Waals surface area (Å²) >= 11 is 5.47. The van der Waals surface area contributed by atoms with Gasteiger partial charge in [0.15, 0.2) is 5.11 Å². The van der Waals surface area contributed by atoms with Crippen LogP contribution in [0.4, 0.5) is 5.69 Å². The molecule has 0 aliphatic heterocycles. The van der Waals surface area contributed by atoms with Gasteiger partial charge < -0.3 is 15.0 Å². The first kappa shape index (κ1) is 20.9. The van der Waals surface area contributed by atoms with Gasteiger partial charge in [0.25, 0.3) is 0 Å². The van der Waals surface area contributed by atoms with Crippen LogP contribution in [0.25, 0.3) is 0 Å². The standard InChI is InChI=1S/C22H28N2O2S/c1-6-24(7-2)22(27)23-20-13-16(4)19(12-17(20)5)21(25)26-14-18-11-9-8-10-15(18)3/h8-13H,6-7,14H2,1-5H3,(H,23,27). The van der Waals surface area contributed by atoms with Gasteiger partial charge in [-0.1, -0.05) is 24.3 Å². The average Bonchev–Trinajstić information content (AvgIpc) is 2.64. The topological polar surface area (TPSA) is 41.6 Å². The third kappa shape index (κ3) is 5.30. The second-order valence-corrected chi connectivity index (χ2v) is 6.97. The van der Waals surface area contributed by atoms with Crippen molar-refractivity contribution in [3.63, 3.8) is 0 Å². The number of aryl methyl sites for hydroxylation is 3. The van der Waals surface area contributed by atoms with E-state index in [2.05, 4.69) is 24.1 Å². The number of carbonyl (C=O) groups excluding carboxylic acids is 1. The molecule has 0 aliphatic rings. The van der Waals surface area contributed by atoms with Gasteiger partial charge in [-0.25, -0.2) is 4.79 Å². The Kier molecular flexibility index (Phi) is 7.36. The van der Waals surface area contributed by atoms with Crippen LogP contribution in [-0.4, -0.2) is 29.1 Å². The zero-order valence-corrected chi connectivity index (χ0v) is 17.6. The quantitative estimate of drug-likeness (QED) is 0.560. The van der Waals surface area contributed by atoms with Crippen molar-refractivity contribution < 1.29 is 9.53 Å². The Balaban J connectivity index is 2.12. The highest BCUT2D eigenvalue weighted by Crippen LogP contribution is 2.22. The zero-order chi connectivity index (χ0) is 20.0. The molecule has 0 unspecified atom stereocenters. The van der Waals surface area contributed by atoms with Gasteiger partial charge in [-0.2, -0.15) is 0 Å². The van der Waals surface area contributed by atoms with Crippen LogP contribution >= 0.6 is 12.2 Å². The van der Waals surface area contributed by atoms with Crippen molar-refractivity contribution in [1.82, 2.24) is 4.90 Å². The lowest BCUT2D eigenvalue weighted by molar-refractivity contribution is 0.0471. The summed E-state index contributed by atoms with van der Waals surface area (Å²) in [7, 11) is 0. The van der Waals surface area contributed by atoms with Gasteiger partial charge in [-0.3, -0.25) is 0 Å². The summed E-state index contributed by atoms with van der Waals surface area (Å²) in [6, 6.07) is 11.7. The van der Waals surface area contributed by atoms with Crippen molar-refractivity contribution in [1.29, 1.82) is 0 Å². The highest BCUT2D eigenvalue weighted by Gasteiger charge is 2.15. The molecule has 0 saturated carbocycles. The Morgan fingerprint density at radius 2 is 1.70 bits per heavy atom. The highest BCUT2D eigenvalue weighted by atomic mass is 32.1. The van der Waals surface area contributed by atoms with Gasteiger partial charge in [-0.15, -0.1) is 0 Å².